The zero-order valence-corrected chi connectivity index (χ0v) is 10.0. The smallest absolute Gasteiger partial charge is 0.326 e. The van der Waals surface area contributed by atoms with Crippen LogP contribution < -0.4 is 10.6 Å². The number of urea groups is 1. The van der Waals surface area contributed by atoms with E-state index in [-0.39, 0.29) is 18.7 Å². The van der Waals surface area contributed by atoms with Gasteiger partial charge in [0.2, 0.25) is 0 Å². The first-order valence-corrected chi connectivity index (χ1v) is 6.77. The van der Waals surface area contributed by atoms with Crippen LogP contribution in [-0.2, 0) is 14.6 Å². The Labute approximate surface area is 94.1 Å². The van der Waals surface area contributed by atoms with Crippen molar-refractivity contribution >= 4 is 21.8 Å². The summed E-state index contributed by atoms with van der Waals surface area (Å²) >= 11 is 0. The van der Waals surface area contributed by atoms with Gasteiger partial charge in [-0.05, 0) is 6.42 Å². The van der Waals surface area contributed by atoms with Crippen molar-refractivity contribution in [1.29, 1.82) is 0 Å². The minimum atomic E-state index is -3.13. The lowest BCUT2D eigenvalue weighted by molar-refractivity contribution is -0.139. The van der Waals surface area contributed by atoms with Crippen molar-refractivity contribution in [1.82, 2.24) is 10.6 Å². The minimum absolute atomic E-state index is 0.0410. The third-order valence-corrected chi connectivity index (χ3v) is 2.72. The van der Waals surface area contributed by atoms with E-state index in [0.29, 0.717) is 0 Å². The highest BCUT2D eigenvalue weighted by Gasteiger charge is 2.17. The molecule has 8 heteroatoms. The van der Waals surface area contributed by atoms with Gasteiger partial charge in [0.25, 0.3) is 0 Å². The molecule has 0 fully saturated rings. The summed E-state index contributed by atoms with van der Waals surface area (Å²) in [6.45, 7) is 1.58. The van der Waals surface area contributed by atoms with E-state index >= 15 is 0 Å². The molecule has 0 unspecified atom stereocenters. The molecular formula is C8H16N2O5S. The minimum Gasteiger partial charge on any atom is -0.480 e. The zero-order chi connectivity index (χ0) is 12.8. The Hall–Kier alpha value is -1.31. The van der Waals surface area contributed by atoms with Gasteiger partial charge in [-0.2, -0.15) is 0 Å². The molecule has 0 aliphatic rings. The van der Waals surface area contributed by atoms with Gasteiger partial charge in [0.1, 0.15) is 15.9 Å². The van der Waals surface area contributed by atoms with Crippen molar-refractivity contribution in [3.63, 3.8) is 0 Å². The van der Waals surface area contributed by atoms with Gasteiger partial charge in [-0.3, -0.25) is 0 Å². The largest absolute Gasteiger partial charge is 0.480 e. The van der Waals surface area contributed by atoms with E-state index < -0.39 is 27.9 Å². The van der Waals surface area contributed by atoms with Gasteiger partial charge in [0.15, 0.2) is 0 Å². The summed E-state index contributed by atoms with van der Waals surface area (Å²) < 4.78 is 21.5. The number of aliphatic carboxylic acids is 1. The van der Waals surface area contributed by atoms with Crippen LogP contribution in [-0.4, -0.2) is 50.1 Å². The maximum atomic E-state index is 11.1. The van der Waals surface area contributed by atoms with Crippen LogP contribution in [0, 0.1) is 0 Å². The third-order valence-electron chi connectivity index (χ3n) is 1.77. The van der Waals surface area contributed by atoms with Crippen LogP contribution in [0.5, 0.6) is 0 Å². The summed E-state index contributed by atoms with van der Waals surface area (Å²) in [7, 11) is -3.13. The normalized spacial score (nSPS) is 12.9. The Morgan fingerprint density at radius 3 is 2.31 bits per heavy atom. The highest BCUT2D eigenvalue weighted by Crippen LogP contribution is 1.90. The fourth-order valence-electron chi connectivity index (χ4n) is 0.898. The van der Waals surface area contributed by atoms with E-state index in [9.17, 15) is 18.0 Å². The second-order valence-electron chi connectivity index (χ2n) is 3.33. The molecule has 0 radical (unpaired) electrons. The molecule has 0 rings (SSSR count). The highest BCUT2D eigenvalue weighted by atomic mass is 32.2. The zero-order valence-electron chi connectivity index (χ0n) is 9.19. The van der Waals surface area contributed by atoms with Crippen LogP contribution in [0.1, 0.15) is 13.3 Å². The molecule has 3 N–H and O–H groups in total. The molecule has 16 heavy (non-hydrogen) atoms. The number of hydrogen-bond acceptors (Lipinski definition) is 4. The Morgan fingerprint density at radius 1 is 1.38 bits per heavy atom. The van der Waals surface area contributed by atoms with E-state index in [0.717, 1.165) is 6.26 Å². The molecule has 0 bridgehead atoms. The molecule has 0 spiro atoms. The molecule has 0 aliphatic heterocycles. The molecule has 0 aromatic rings. The van der Waals surface area contributed by atoms with E-state index in [1.165, 1.54) is 0 Å². The monoisotopic (exact) mass is 252 g/mol. The highest BCUT2D eigenvalue weighted by molar-refractivity contribution is 7.90. The maximum absolute atomic E-state index is 11.1. The third kappa shape index (κ3) is 7.04. The molecule has 0 aliphatic carbocycles. The van der Waals surface area contributed by atoms with E-state index in [1.807, 2.05) is 0 Å². The molecule has 0 aromatic heterocycles. The number of carboxylic acids is 1. The number of rotatable bonds is 6. The van der Waals surface area contributed by atoms with Gasteiger partial charge in [0.05, 0.1) is 5.75 Å². The Morgan fingerprint density at radius 2 is 1.94 bits per heavy atom. The Kier molecular flexibility index (Phi) is 5.79. The number of sulfone groups is 1. The SMILES string of the molecule is CC[C@H](NC(=O)NCCS(C)(=O)=O)C(=O)O. The van der Waals surface area contributed by atoms with Crippen molar-refractivity contribution in [2.45, 2.75) is 19.4 Å². The summed E-state index contributed by atoms with van der Waals surface area (Å²) in [6.07, 6.45) is 1.31. The van der Waals surface area contributed by atoms with Crippen LogP contribution in [0.15, 0.2) is 0 Å². The lowest BCUT2D eigenvalue weighted by atomic mass is 10.2. The number of hydrogen-bond donors (Lipinski definition) is 3. The molecule has 0 saturated heterocycles. The average molecular weight is 252 g/mol. The van der Waals surface area contributed by atoms with Gasteiger partial charge in [-0.15, -0.1) is 0 Å². The first-order chi connectivity index (χ1) is 7.26. The van der Waals surface area contributed by atoms with Gasteiger partial charge in [0, 0.05) is 12.8 Å². The summed E-state index contributed by atoms with van der Waals surface area (Å²) in [5.74, 6) is -1.30. The van der Waals surface area contributed by atoms with E-state index in [4.69, 9.17) is 5.11 Å². The van der Waals surface area contributed by atoms with Crippen LogP contribution >= 0.6 is 0 Å². The lowest BCUT2D eigenvalue weighted by Crippen LogP contribution is -2.46. The lowest BCUT2D eigenvalue weighted by Gasteiger charge is -2.12. The molecule has 7 nitrogen and oxygen atoms in total. The van der Waals surface area contributed by atoms with E-state index in [2.05, 4.69) is 10.6 Å². The molecular weight excluding hydrogens is 236 g/mol. The number of carbonyl (C=O) groups is 2. The second kappa shape index (κ2) is 6.31. The molecule has 94 valence electrons. The predicted octanol–water partition coefficient (Wildman–Crippen LogP) is -0.807. The van der Waals surface area contributed by atoms with Crippen molar-refractivity contribution in [3.05, 3.63) is 0 Å². The molecule has 2 amide bonds. The van der Waals surface area contributed by atoms with E-state index in [1.54, 1.807) is 6.92 Å². The van der Waals surface area contributed by atoms with Crippen molar-refractivity contribution in [2.75, 3.05) is 18.6 Å². The number of carboxylic acid groups (broad SMARTS) is 1. The molecule has 0 aromatic carbocycles. The summed E-state index contributed by atoms with van der Waals surface area (Å²) in [5.41, 5.74) is 0. The maximum Gasteiger partial charge on any atom is 0.326 e. The van der Waals surface area contributed by atoms with Crippen LogP contribution in [0.3, 0.4) is 0 Å². The number of amides is 2. The van der Waals surface area contributed by atoms with Gasteiger partial charge >= 0.3 is 12.0 Å². The second-order valence-corrected chi connectivity index (χ2v) is 5.59. The van der Waals surface area contributed by atoms with Crippen molar-refractivity contribution < 1.29 is 23.1 Å². The summed E-state index contributed by atoms with van der Waals surface area (Å²) in [6, 6.07) is -1.64. The fraction of sp³-hybridized carbons (Fsp3) is 0.750. The van der Waals surface area contributed by atoms with Gasteiger partial charge < -0.3 is 15.7 Å². The molecule has 1 atom stereocenters. The number of carbonyl (C=O) groups excluding carboxylic acids is 1. The standard InChI is InChI=1S/C8H16N2O5S/c1-3-6(7(11)12)10-8(13)9-4-5-16(2,14)15/h6H,3-5H2,1-2H3,(H,11,12)(H2,9,10,13)/t6-/m0/s1. The fourth-order valence-corrected chi connectivity index (χ4v) is 1.37. The number of nitrogens with one attached hydrogen (secondary N) is 2. The summed E-state index contributed by atoms with van der Waals surface area (Å²) in [4.78, 5) is 21.7. The molecule has 0 heterocycles. The topological polar surface area (TPSA) is 113 Å². The van der Waals surface area contributed by atoms with Crippen molar-refractivity contribution in [3.8, 4) is 0 Å². The quantitative estimate of drug-likeness (QED) is 0.572. The predicted molar refractivity (Wildman–Crippen MR) is 58.0 cm³/mol. The molecule has 0 saturated carbocycles. The first kappa shape index (κ1) is 14.7. The van der Waals surface area contributed by atoms with Gasteiger partial charge in [-0.25, -0.2) is 18.0 Å². The van der Waals surface area contributed by atoms with Gasteiger partial charge in [-0.1, -0.05) is 6.92 Å². The first-order valence-electron chi connectivity index (χ1n) is 4.71. The van der Waals surface area contributed by atoms with Crippen molar-refractivity contribution in [2.24, 2.45) is 0 Å². The Bertz CT molecular complexity index is 351. The summed E-state index contributed by atoms with van der Waals surface area (Å²) in [5, 5.41) is 13.1. The Balaban J connectivity index is 3.95. The van der Waals surface area contributed by atoms with Crippen LogP contribution in [0.2, 0.25) is 0 Å². The average Bonchev–Trinajstić information content (AvgIpc) is 2.11. The van der Waals surface area contributed by atoms with Crippen LogP contribution in [0.4, 0.5) is 4.79 Å². The van der Waals surface area contributed by atoms with Crippen LogP contribution in [0.25, 0.3) is 0 Å².